The van der Waals surface area contributed by atoms with Gasteiger partial charge in [0.05, 0.1) is 0 Å². The minimum atomic E-state index is -4.67. The summed E-state index contributed by atoms with van der Waals surface area (Å²) >= 11 is 0. The first-order valence-corrected chi connectivity index (χ1v) is 1.90. The van der Waals surface area contributed by atoms with E-state index in [0.717, 1.165) is 6.08 Å². The summed E-state index contributed by atoms with van der Waals surface area (Å²) in [6.45, 7) is -3.33. The Balaban J connectivity index is 0. The van der Waals surface area contributed by atoms with E-state index in [0.29, 0.717) is 0 Å². The monoisotopic (exact) mass is 148 g/mol. The molecule has 0 atom stereocenters. The van der Waals surface area contributed by atoms with Crippen LogP contribution in [-0.4, -0.2) is 6.98 Å². The van der Waals surface area contributed by atoms with Crippen molar-refractivity contribution in [2.75, 3.05) is 0 Å². The van der Waals surface area contributed by atoms with Crippen LogP contribution in [0.15, 0.2) is 12.1 Å². The molecule has 0 rings (SSSR count). The third kappa shape index (κ3) is 10.3. The molecule has 0 bridgehead atoms. The molecule has 0 aromatic heterocycles. The van der Waals surface area contributed by atoms with Crippen LogP contribution >= 0.6 is 0 Å². The SMILES string of the molecule is CC=C[B-](F)(F)F.[K+]. The largest absolute Gasteiger partial charge is 1.00 e. The molecule has 0 fully saturated rings. The molecule has 0 saturated heterocycles. The zero-order chi connectivity index (χ0) is 5.91. The number of rotatable bonds is 1. The van der Waals surface area contributed by atoms with E-state index < -0.39 is 6.98 Å². The van der Waals surface area contributed by atoms with Crippen molar-refractivity contribution < 1.29 is 64.3 Å². The summed E-state index contributed by atoms with van der Waals surface area (Å²) in [4.78, 5) is 0. The molecule has 0 amide bonds. The van der Waals surface area contributed by atoms with Crippen LogP contribution in [0.5, 0.6) is 0 Å². The second-order valence-corrected chi connectivity index (χ2v) is 1.15. The third-order valence-electron chi connectivity index (χ3n) is 0.411. The van der Waals surface area contributed by atoms with Gasteiger partial charge in [-0.15, -0.1) is 6.08 Å². The molecule has 0 aliphatic rings. The number of hydrogen-bond acceptors (Lipinski definition) is 0. The van der Waals surface area contributed by atoms with Crippen LogP contribution in [0.1, 0.15) is 6.92 Å². The van der Waals surface area contributed by atoms with E-state index in [1.54, 1.807) is 0 Å². The van der Waals surface area contributed by atoms with Crippen molar-refractivity contribution in [2.45, 2.75) is 6.92 Å². The van der Waals surface area contributed by atoms with E-state index in [1.807, 2.05) is 0 Å². The Labute approximate surface area is 89.0 Å². The second kappa shape index (κ2) is 5.05. The first-order chi connectivity index (χ1) is 3.06. The van der Waals surface area contributed by atoms with Crippen LogP contribution in [0.2, 0.25) is 0 Å². The molecular weight excluding hydrogens is 143 g/mol. The molecular formula is C3H5BF3K. The standard InChI is InChI=1S/C3H5BF3.K/c1-2-3-4(5,6)7;/h2-3H,1H3;/q-1;+1. The van der Waals surface area contributed by atoms with Crippen molar-refractivity contribution in [3.8, 4) is 0 Å². The van der Waals surface area contributed by atoms with Crippen LogP contribution < -0.4 is 51.4 Å². The minimum Gasteiger partial charge on any atom is -0.445 e. The topological polar surface area (TPSA) is 0 Å². The van der Waals surface area contributed by atoms with E-state index in [-0.39, 0.29) is 57.4 Å². The second-order valence-electron chi connectivity index (χ2n) is 1.15. The average Bonchev–Trinajstić information content (AvgIpc) is 1.30. The Hall–Kier alpha value is 1.23. The van der Waals surface area contributed by atoms with Gasteiger partial charge in [-0.1, -0.05) is 6.92 Å². The van der Waals surface area contributed by atoms with E-state index in [4.69, 9.17) is 0 Å². The molecule has 0 radical (unpaired) electrons. The molecule has 5 heteroatoms. The molecule has 0 aliphatic carbocycles. The maximum absolute atomic E-state index is 11.0. The molecule has 8 heavy (non-hydrogen) atoms. The molecule has 0 saturated carbocycles. The molecule has 0 nitrogen and oxygen atoms in total. The van der Waals surface area contributed by atoms with Crippen LogP contribution in [0.4, 0.5) is 12.9 Å². The number of halogens is 3. The average molecular weight is 148 g/mol. The Morgan fingerprint density at radius 1 is 1.25 bits per heavy atom. The number of allylic oxidation sites excluding steroid dienone is 1. The summed E-state index contributed by atoms with van der Waals surface area (Å²) in [5, 5.41) is 0. The predicted octanol–water partition coefficient (Wildman–Crippen LogP) is -1.05. The van der Waals surface area contributed by atoms with E-state index in [2.05, 4.69) is 0 Å². The third-order valence-corrected chi connectivity index (χ3v) is 0.411. The van der Waals surface area contributed by atoms with Gasteiger partial charge in [0.2, 0.25) is 0 Å². The van der Waals surface area contributed by atoms with Gasteiger partial charge in [0.15, 0.2) is 0 Å². The van der Waals surface area contributed by atoms with Gasteiger partial charge in [0.1, 0.15) is 0 Å². The van der Waals surface area contributed by atoms with Crippen LogP contribution in [0, 0.1) is 0 Å². The van der Waals surface area contributed by atoms with E-state index in [9.17, 15) is 12.9 Å². The van der Waals surface area contributed by atoms with E-state index in [1.165, 1.54) is 6.92 Å². The molecule has 0 aromatic carbocycles. The Morgan fingerprint density at radius 3 is 1.62 bits per heavy atom. The van der Waals surface area contributed by atoms with Gasteiger partial charge in [-0.2, -0.15) is 5.98 Å². The maximum Gasteiger partial charge on any atom is 1.00 e. The van der Waals surface area contributed by atoms with Crippen molar-refractivity contribution in [2.24, 2.45) is 0 Å². The fourth-order valence-corrected chi connectivity index (χ4v) is 0.218. The van der Waals surface area contributed by atoms with Gasteiger partial charge in [0, 0.05) is 0 Å². The van der Waals surface area contributed by atoms with Gasteiger partial charge in [-0.3, -0.25) is 0 Å². The summed E-state index contributed by atoms with van der Waals surface area (Å²) < 4.78 is 33.1. The van der Waals surface area contributed by atoms with Crippen molar-refractivity contribution in [3.63, 3.8) is 0 Å². The normalized spacial score (nSPS) is 11.5. The van der Waals surface area contributed by atoms with Crippen LogP contribution in [-0.2, 0) is 0 Å². The molecule has 42 valence electrons. The Kier molecular flexibility index (Phi) is 7.55. The first-order valence-electron chi connectivity index (χ1n) is 1.90. The van der Waals surface area contributed by atoms with Crippen molar-refractivity contribution in [1.82, 2.24) is 0 Å². The van der Waals surface area contributed by atoms with Crippen LogP contribution in [0.25, 0.3) is 0 Å². The maximum atomic E-state index is 11.0. The minimum absolute atomic E-state index is 0. The van der Waals surface area contributed by atoms with Gasteiger partial charge in [-0.05, 0) is 0 Å². The van der Waals surface area contributed by atoms with Crippen LogP contribution in [0.3, 0.4) is 0 Å². The van der Waals surface area contributed by atoms with Gasteiger partial charge in [0.25, 0.3) is 0 Å². The fraction of sp³-hybridized carbons (Fsp3) is 0.333. The predicted molar refractivity (Wildman–Crippen MR) is 23.9 cm³/mol. The molecule has 0 aliphatic heterocycles. The smallest absolute Gasteiger partial charge is 0.445 e. The van der Waals surface area contributed by atoms with Gasteiger partial charge >= 0.3 is 58.4 Å². The summed E-state index contributed by atoms with van der Waals surface area (Å²) in [5.74, 6) is 0.250. The van der Waals surface area contributed by atoms with Crippen molar-refractivity contribution >= 4 is 6.98 Å². The molecule has 0 N–H and O–H groups in total. The Bertz CT molecular complexity index is 77.1. The number of hydrogen-bond donors (Lipinski definition) is 0. The summed E-state index contributed by atoms with van der Waals surface area (Å²) in [6.07, 6.45) is 0.986. The van der Waals surface area contributed by atoms with E-state index >= 15 is 0 Å². The first kappa shape index (κ1) is 12.0. The fourth-order valence-electron chi connectivity index (χ4n) is 0.218. The Morgan fingerprint density at radius 2 is 1.62 bits per heavy atom. The van der Waals surface area contributed by atoms with Gasteiger partial charge < -0.3 is 12.9 Å². The quantitative estimate of drug-likeness (QED) is 0.416. The van der Waals surface area contributed by atoms with Crippen molar-refractivity contribution in [3.05, 3.63) is 12.1 Å². The summed E-state index contributed by atoms with van der Waals surface area (Å²) in [6, 6.07) is 0. The zero-order valence-corrected chi connectivity index (χ0v) is 7.99. The molecule has 0 aromatic rings. The molecule has 0 spiro atoms. The van der Waals surface area contributed by atoms with Crippen molar-refractivity contribution in [1.29, 1.82) is 0 Å². The van der Waals surface area contributed by atoms with Gasteiger partial charge in [-0.25, -0.2) is 0 Å². The molecule has 0 heterocycles. The molecule has 0 unspecified atom stereocenters. The summed E-state index contributed by atoms with van der Waals surface area (Å²) in [7, 11) is 0. The summed E-state index contributed by atoms with van der Waals surface area (Å²) in [5.41, 5.74) is 0. The zero-order valence-electron chi connectivity index (χ0n) is 4.87.